The highest BCUT2D eigenvalue weighted by atomic mass is 16.8. The van der Waals surface area contributed by atoms with E-state index in [0.29, 0.717) is 32.1 Å². The molecule has 88 heavy (non-hydrogen) atoms. The van der Waals surface area contributed by atoms with Gasteiger partial charge in [0.05, 0.1) is 57.5 Å². The van der Waals surface area contributed by atoms with Crippen LogP contribution < -0.4 is 0 Å². The van der Waals surface area contributed by atoms with Crippen molar-refractivity contribution >= 4 is 0 Å². The second kappa shape index (κ2) is 26.0. The van der Waals surface area contributed by atoms with E-state index in [2.05, 4.69) is 40.7 Å². The molecule has 4 saturated carbocycles. The lowest BCUT2D eigenvalue weighted by atomic mass is 9.33. The number of ether oxygens (including phenoxy) is 10. The Balaban J connectivity index is 0.892. The first-order valence-corrected chi connectivity index (χ1v) is 31.4. The van der Waals surface area contributed by atoms with Crippen LogP contribution in [-0.4, -0.2) is 297 Å². The van der Waals surface area contributed by atoms with E-state index in [-0.39, 0.29) is 29.8 Å². The van der Waals surface area contributed by atoms with Crippen LogP contribution >= 0.6 is 0 Å². The lowest BCUT2D eigenvalue weighted by Gasteiger charge is -2.71. The van der Waals surface area contributed by atoms with E-state index in [0.717, 1.165) is 12.8 Å². The summed E-state index contributed by atoms with van der Waals surface area (Å²) in [5, 5.41) is 196. The standard InChI is InChI=1S/C60H100O28/c1-22-34(63)40(69)47(76)53(82-22)88-49-44(73)38(67)29(21-81-52-46(75)42(71)36(65)27(18-62)84-52)86-55(49)79-19-23-15-60(8)25(24-16-56(2,3)50(78)39(68)33(23)24)9-10-31-58(6)13-12-32(57(4,5)30(58)11-14-59(31,60)7)87-54-48(77)43(72)37(66)28(85-54)20-80-51-45(74)41(70)35(64)26(17-61)83-51/h9,22-24,26-55,61-78H,10-21H2,1-8H3/t22?,23-,24?,26?,27?,28?,29?,30?,31?,32+,33?,34+,35-,36-,37-,38-,39-,40+,41-,42-,43-,44-,45?,46?,47?,48?,49?,50+,51-,52-,53+,54+,55-,58+,59-,60-/m1/s1. The molecule has 10 aliphatic rings. The zero-order valence-corrected chi connectivity index (χ0v) is 51.2. The van der Waals surface area contributed by atoms with Crippen molar-refractivity contribution in [2.24, 2.45) is 56.7 Å². The molecule has 10 rings (SSSR count). The zero-order chi connectivity index (χ0) is 64.4. The van der Waals surface area contributed by atoms with Crippen molar-refractivity contribution in [3.05, 3.63) is 11.6 Å². The minimum atomic E-state index is -1.89. The fraction of sp³-hybridized carbons (Fsp3) is 0.967. The van der Waals surface area contributed by atoms with E-state index in [1.807, 2.05) is 13.8 Å². The third kappa shape index (κ3) is 11.8. The van der Waals surface area contributed by atoms with Crippen molar-refractivity contribution in [2.75, 3.05) is 33.0 Å². The van der Waals surface area contributed by atoms with Crippen LogP contribution in [0.15, 0.2) is 11.6 Å². The summed E-state index contributed by atoms with van der Waals surface area (Å²) in [6, 6.07) is 0. The van der Waals surface area contributed by atoms with Gasteiger partial charge in [-0.05, 0) is 109 Å². The number of fused-ring (bicyclic) bond motifs is 7. The van der Waals surface area contributed by atoms with Crippen molar-refractivity contribution in [3.63, 3.8) is 0 Å². The third-order valence-electron chi connectivity index (χ3n) is 23.5. The second-order valence-electron chi connectivity index (χ2n) is 29.3. The largest absolute Gasteiger partial charge is 0.394 e. The molecule has 0 aromatic heterocycles. The van der Waals surface area contributed by atoms with E-state index in [1.54, 1.807) is 0 Å². The van der Waals surface area contributed by atoms with E-state index in [4.69, 9.17) is 47.4 Å². The maximum atomic E-state index is 12.4. The third-order valence-corrected chi connectivity index (χ3v) is 23.5. The van der Waals surface area contributed by atoms with E-state index in [1.165, 1.54) is 12.5 Å². The van der Waals surface area contributed by atoms with Crippen molar-refractivity contribution in [2.45, 2.75) is 272 Å². The van der Waals surface area contributed by atoms with Gasteiger partial charge in [-0.3, -0.25) is 0 Å². The highest BCUT2D eigenvalue weighted by Gasteiger charge is 2.70. The molecule has 14 unspecified atom stereocenters. The van der Waals surface area contributed by atoms with Gasteiger partial charge in [0.2, 0.25) is 0 Å². The van der Waals surface area contributed by atoms with Crippen molar-refractivity contribution in [3.8, 4) is 0 Å². The van der Waals surface area contributed by atoms with Crippen LogP contribution in [0.3, 0.4) is 0 Å². The maximum absolute atomic E-state index is 12.4. The van der Waals surface area contributed by atoms with Crippen LogP contribution in [0.5, 0.6) is 0 Å². The Morgan fingerprint density at radius 3 is 1.50 bits per heavy atom. The summed E-state index contributed by atoms with van der Waals surface area (Å²) in [6.07, 6.45) is -36.6. The summed E-state index contributed by atoms with van der Waals surface area (Å²) in [4.78, 5) is 0. The normalized spacial score (nSPS) is 55.3. The fourth-order valence-corrected chi connectivity index (χ4v) is 18.1. The molecule has 5 heterocycles. The van der Waals surface area contributed by atoms with Crippen LogP contribution in [0.2, 0.25) is 0 Å². The molecule has 0 spiro atoms. The predicted octanol–water partition coefficient (Wildman–Crippen LogP) is -4.91. The molecule has 0 amide bonds. The Labute approximate surface area is 511 Å². The average Bonchev–Trinajstić information content (AvgIpc) is 0.698. The number of hydrogen-bond acceptors (Lipinski definition) is 28. The molecule has 508 valence electrons. The van der Waals surface area contributed by atoms with Gasteiger partial charge >= 0.3 is 0 Å². The smallest absolute Gasteiger partial charge is 0.187 e. The molecule has 0 aromatic carbocycles. The lowest BCUT2D eigenvalue weighted by Crippen LogP contribution is -2.67. The molecule has 5 aliphatic carbocycles. The summed E-state index contributed by atoms with van der Waals surface area (Å²) in [7, 11) is 0. The van der Waals surface area contributed by atoms with Gasteiger partial charge in [-0.1, -0.05) is 60.1 Å². The molecule has 5 saturated heterocycles. The summed E-state index contributed by atoms with van der Waals surface area (Å²) in [6.45, 7) is 13.8. The van der Waals surface area contributed by atoms with Gasteiger partial charge in [0, 0.05) is 0 Å². The molecule has 9 fully saturated rings. The SMILES string of the molecule is CC1O[C@@H](OC2[C@H](OC[C@H]3C[C@]4(C)C(=CCC5[C@@]6(C)CC[C@H](O[C@@H]7OC(CO[C@@H]8OC(CO)[C@@H](O)[C@@H](O)C8O)[C@@H](O)[C@@H](O)C7O)C(C)(C)C6CC[C@]54C)C4CC(C)(C)[C@@H](O)[C@H](O)C43)OC(CO[C@@H]3OC(CO)[C@@H](O)[C@@H](O)C3O)[C@@H](O)[C@H]2O)C(O)[C@@H](O)[C@H]1O. The molecule has 0 bridgehead atoms. The Morgan fingerprint density at radius 2 is 0.943 bits per heavy atom. The van der Waals surface area contributed by atoms with Gasteiger partial charge in [0.15, 0.2) is 31.5 Å². The molecule has 0 aromatic rings. The van der Waals surface area contributed by atoms with Gasteiger partial charge < -0.3 is 139 Å². The maximum Gasteiger partial charge on any atom is 0.187 e. The summed E-state index contributed by atoms with van der Waals surface area (Å²) in [5.74, 6) is -1.23. The number of hydrogen-bond donors (Lipinski definition) is 18. The molecule has 36 atom stereocenters. The molecular weight excluding hydrogens is 1170 g/mol. The number of aliphatic hydroxyl groups is 18. The molecule has 28 nitrogen and oxygen atoms in total. The summed E-state index contributed by atoms with van der Waals surface area (Å²) in [5.41, 5.74) is -1.38. The number of allylic oxidation sites excluding steroid dienone is 2. The number of rotatable bonds is 15. The first-order valence-electron chi connectivity index (χ1n) is 31.4. The Morgan fingerprint density at radius 1 is 0.466 bits per heavy atom. The Bertz CT molecular complexity index is 2390. The van der Waals surface area contributed by atoms with E-state index >= 15 is 0 Å². The van der Waals surface area contributed by atoms with Gasteiger partial charge in [-0.2, -0.15) is 0 Å². The molecule has 0 radical (unpaired) electrons. The van der Waals surface area contributed by atoms with Crippen LogP contribution in [-0.2, 0) is 47.4 Å². The van der Waals surface area contributed by atoms with Crippen LogP contribution in [0.25, 0.3) is 0 Å². The summed E-state index contributed by atoms with van der Waals surface area (Å²) >= 11 is 0. The van der Waals surface area contributed by atoms with Gasteiger partial charge in [-0.15, -0.1) is 0 Å². The number of aliphatic hydroxyl groups excluding tert-OH is 18. The van der Waals surface area contributed by atoms with Crippen molar-refractivity contribution < 1.29 is 139 Å². The van der Waals surface area contributed by atoms with Crippen LogP contribution in [0.4, 0.5) is 0 Å². The van der Waals surface area contributed by atoms with Gasteiger partial charge in [-0.25, -0.2) is 0 Å². The quantitative estimate of drug-likeness (QED) is 0.0540. The Hall–Kier alpha value is -1.38. The zero-order valence-electron chi connectivity index (χ0n) is 51.2. The van der Waals surface area contributed by atoms with E-state index < -0.39 is 232 Å². The molecule has 28 heteroatoms. The topological polar surface area (TPSA) is 456 Å². The van der Waals surface area contributed by atoms with E-state index in [9.17, 15) is 91.9 Å². The van der Waals surface area contributed by atoms with Crippen molar-refractivity contribution in [1.82, 2.24) is 0 Å². The molecule has 5 aliphatic heterocycles. The fourth-order valence-electron chi connectivity index (χ4n) is 18.1. The predicted molar refractivity (Wildman–Crippen MR) is 297 cm³/mol. The monoisotopic (exact) mass is 1270 g/mol. The first kappa shape index (κ1) is 69.4. The molecule has 18 N–H and O–H groups in total. The highest BCUT2D eigenvalue weighted by molar-refractivity contribution is 5.34. The van der Waals surface area contributed by atoms with Crippen molar-refractivity contribution in [1.29, 1.82) is 0 Å². The first-order chi connectivity index (χ1) is 41.2. The average molecular weight is 1270 g/mol. The van der Waals surface area contributed by atoms with Gasteiger partial charge in [0.1, 0.15) is 116 Å². The molecular formula is C60H100O28. The highest BCUT2D eigenvalue weighted by Crippen LogP contribution is 2.75. The Kier molecular flexibility index (Phi) is 20.5. The van der Waals surface area contributed by atoms with Gasteiger partial charge in [0.25, 0.3) is 0 Å². The second-order valence-corrected chi connectivity index (χ2v) is 29.3. The summed E-state index contributed by atoms with van der Waals surface area (Å²) < 4.78 is 60.3. The lowest BCUT2D eigenvalue weighted by molar-refractivity contribution is -0.371. The van der Waals surface area contributed by atoms with Crippen LogP contribution in [0.1, 0.15) is 100 Å². The van der Waals surface area contributed by atoms with Crippen LogP contribution in [0, 0.1) is 56.7 Å². The minimum absolute atomic E-state index is 0.0387. The minimum Gasteiger partial charge on any atom is -0.394 e.